The Morgan fingerprint density at radius 3 is 1.72 bits per heavy atom. The third-order valence-electron chi connectivity index (χ3n) is 7.66. The Morgan fingerprint density at radius 2 is 1.21 bits per heavy atom. The van der Waals surface area contributed by atoms with Crippen LogP contribution in [0.2, 0.25) is 0 Å². The number of nitrogens with zero attached hydrogens (tertiary/aromatic N) is 1. The summed E-state index contributed by atoms with van der Waals surface area (Å²) in [5.41, 5.74) is 2.36. The van der Waals surface area contributed by atoms with Crippen LogP contribution < -0.4 is 4.90 Å². The normalized spacial score (nSPS) is 14.5. The van der Waals surface area contributed by atoms with Gasteiger partial charge in [-0.1, -0.05) is 60.7 Å². The summed E-state index contributed by atoms with van der Waals surface area (Å²) in [6.45, 7) is 6.70. The van der Waals surface area contributed by atoms with Gasteiger partial charge in [0, 0.05) is 11.3 Å². The van der Waals surface area contributed by atoms with E-state index in [-0.39, 0.29) is 23.6 Å². The lowest BCUT2D eigenvalue weighted by Gasteiger charge is -2.32. The monoisotopic (exact) mass is 531 g/mol. The fourth-order valence-electron chi connectivity index (χ4n) is 5.78. The second-order valence-corrected chi connectivity index (χ2v) is 10.2. The zero-order chi connectivity index (χ0) is 28.3. The van der Waals surface area contributed by atoms with E-state index in [1.54, 1.807) is 70.2 Å². The minimum atomic E-state index is -4.58. The van der Waals surface area contributed by atoms with Crippen molar-refractivity contribution < 1.29 is 28.2 Å². The van der Waals surface area contributed by atoms with Crippen LogP contribution in [0, 0.1) is 27.7 Å². The van der Waals surface area contributed by atoms with Crippen molar-refractivity contribution in [2.24, 2.45) is 0 Å². The highest BCUT2D eigenvalue weighted by Crippen LogP contribution is 2.52. The van der Waals surface area contributed by atoms with E-state index < -0.39 is 23.1 Å². The van der Waals surface area contributed by atoms with E-state index in [0.717, 1.165) is 6.07 Å². The van der Waals surface area contributed by atoms with Gasteiger partial charge in [0.25, 0.3) is 0 Å². The van der Waals surface area contributed by atoms with Crippen molar-refractivity contribution in [2.45, 2.75) is 45.8 Å². The van der Waals surface area contributed by atoms with Crippen molar-refractivity contribution in [2.75, 3.05) is 4.90 Å². The van der Waals surface area contributed by atoms with Gasteiger partial charge >= 0.3 is 6.18 Å². The number of carbonyl (C=O) groups is 1. The number of amides is 1. The third kappa shape index (κ3) is 4.04. The van der Waals surface area contributed by atoms with Crippen LogP contribution in [0.4, 0.5) is 18.9 Å². The highest BCUT2D eigenvalue weighted by Gasteiger charge is 2.54. The zero-order valence-electron chi connectivity index (χ0n) is 22.0. The Balaban J connectivity index is 1.82. The molecule has 200 valence electrons. The van der Waals surface area contributed by atoms with Crippen LogP contribution >= 0.6 is 0 Å². The molecule has 4 aromatic rings. The first-order valence-corrected chi connectivity index (χ1v) is 12.5. The first-order chi connectivity index (χ1) is 18.4. The Bertz CT molecular complexity index is 1520. The van der Waals surface area contributed by atoms with Crippen molar-refractivity contribution in [3.63, 3.8) is 0 Å². The van der Waals surface area contributed by atoms with Gasteiger partial charge in [-0.2, -0.15) is 13.2 Å². The molecule has 4 nitrogen and oxygen atoms in total. The van der Waals surface area contributed by atoms with E-state index >= 15 is 0 Å². The molecule has 7 heteroatoms. The molecular formula is C32H28F3NO3. The predicted octanol–water partition coefficient (Wildman–Crippen LogP) is 7.23. The second-order valence-electron chi connectivity index (χ2n) is 10.2. The summed E-state index contributed by atoms with van der Waals surface area (Å²) in [5, 5.41) is 21.1. The summed E-state index contributed by atoms with van der Waals surface area (Å²) in [5.74, 6) is -0.182. The smallest absolute Gasteiger partial charge is 0.416 e. The first kappa shape index (κ1) is 26.4. The molecular weight excluding hydrogens is 503 g/mol. The molecule has 4 aromatic carbocycles. The standard InChI is InChI=1S/C32H28F3NO3/c1-18-13-23(14-19(2)28(18)37)31(24-15-20(3)29(38)21(4)16-24)26-11-7-8-12-27(26)36(30(31)39)17-22-9-5-6-10-25(22)32(33,34)35/h5-16,37-38H,17H2,1-4H3. The van der Waals surface area contributed by atoms with Gasteiger partial charge in [-0.05, 0) is 78.8 Å². The highest BCUT2D eigenvalue weighted by molar-refractivity contribution is 6.13. The molecule has 1 amide bonds. The number of rotatable bonds is 4. The molecule has 1 aliphatic heterocycles. The lowest BCUT2D eigenvalue weighted by atomic mass is 9.69. The number of carbonyl (C=O) groups excluding carboxylic acids is 1. The van der Waals surface area contributed by atoms with Crippen LogP contribution in [0.3, 0.4) is 0 Å². The molecule has 2 N–H and O–H groups in total. The molecule has 0 unspecified atom stereocenters. The van der Waals surface area contributed by atoms with Crippen LogP contribution in [0.15, 0.2) is 72.8 Å². The van der Waals surface area contributed by atoms with Gasteiger partial charge in [-0.3, -0.25) is 4.79 Å². The van der Waals surface area contributed by atoms with Crippen molar-refractivity contribution in [3.05, 3.63) is 123 Å². The van der Waals surface area contributed by atoms with E-state index in [0.29, 0.717) is 44.6 Å². The number of fused-ring (bicyclic) bond motifs is 1. The van der Waals surface area contributed by atoms with Crippen LogP contribution in [-0.2, 0) is 22.9 Å². The number of phenolic OH excluding ortho intramolecular Hbond substituents is 2. The summed E-state index contributed by atoms with van der Waals surface area (Å²) in [7, 11) is 0. The van der Waals surface area contributed by atoms with Gasteiger partial charge in [0.15, 0.2) is 0 Å². The highest BCUT2D eigenvalue weighted by atomic mass is 19.4. The van der Waals surface area contributed by atoms with E-state index in [4.69, 9.17) is 0 Å². The molecule has 5 rings (SSSR count). The van der Waals surface area contributed by atoms with Crippen molar-refractivity contribution >= 4 is 11.6 Å². The van der Waals surface area contributed by atoms with Gasteiger partial charge in [0.1, 0.15) is 16.9 Å². The average Bonchev–Trinajstić information content (AvgIpc) is 3.13. The molecule has 0 fully saturated rings. The number of hydrogen-bond donors (Lipinski definition) is 2. The third-order valence-corrected chi connectivity index (χ3v) is 7.66. The molecule has 39 heavy (non-hydrogen) atoms. The number of hydrogen-bond acceptors (Lipinski definition) is 3. The van der Waals surface area contributed by atoms with Crippen LogP contribution in [0.25, 0.3) is 0 Å². The van der Waals surface area contributed by atoms with Gasteiger partial charge in [0.05, 0.1) is 12.1 Å². The van der Waals surface area contributed by atoms with Crippen molar-refractivity contribution in [1.82, 2.24) is 0 Å². The predicted molar refractivity (Wildman–Crippen MR) is 144 cm³/mol. The number of anilines is 1. The molecule has 0 saturated heterocycles. The van der Waals surface area contributed by atoms with Crippen LogP contribution in [0.1, 0.15) is 50.1 Å². The van der Waals surface area contributed by atoms with E-state index in [9.17, 15) is 28.2 Å². The number of halogens is 3. The summed E-state index contributed by atoms with van der Waals surface area (Å²) in [4.78, 5) is 16.2. The first-order valence-electron chi connectivity index (χ1n) is 12.5. The molecule has 0 radical (unpaired) electrons. The Labute approximate surface area is 225 Å². The Morgan fingerprint density at radius 1 is 0.744 bits per heavy atom. The van der Waals surface area contributed by atoms with Gasteiger partial charge < -0.3 is 15.1 Å². The topological polar surface area (TPSA) is 60.8 Å². The largest absolute Gasteiger partial charge is 0.507 e. The number of aromatic hydroxyl groups is 2. The SMILES string of the molecule is Cc1cc(C2(c3cc(C)c(O)c(C)c3)C(=O)N(Cc3ccccc3C(F)(F)F)c3ccccc32)cc(C)c1O. The second kappa shape index (κ2) is 9.19. The number of alkyl halides is 3. The van der Waals surface area contributed by atoms with Gasteiger partial charge in [-0.25, -0.2) is 0 Å². The fraction of sp³-hybridized carbons (Fsp3) is 0.219. The lowest BCUT2D eigenvalue weighted by Crippen LogP contribution is -2.42. The zero-order valence-corrected chi connectivity index (χ0v) is 22.0. The van der Waals surface area contributed by atoms with Crippen molar-refractivity contribution in [1.29, 1.82) is 0 Å². The number of benzene rings is 4. The maximum Gasteiger partial charge on any atom is 0.416 e. The number of aryl methyl sites for hydroxylation is 4. The minimum Gasteiger partial charge on any atom is -0.507 e. The lowest BCUT2D eigenvalue weighted by molar-refractivity contribution is -0.138. The van der Waals surface area contributed by atoms with Crippen molar-refractivity contribution in [3.8, 4) is 11.5 Å². The molecule has 0 spiro atoms. The molecule has 0 aromatic heterocycles. The fourth-order valence-corrected chi connectivity index (χ4v) is 5.78. The van der Waals surface area contributed by atoms with Crippen LogP contribution in [0.5, 0.6) is 11.5 Å². The summed E-state index contributed by atoms with van der Waals surface area (Å²) in [6, 6.07) is 19.4. The summed E-state index contributed by atoms with van der Waals surface area (Å²) >= 11 is 0. The molecule has 0 bridgehead atoms. The molecule has 1 aliphatic rings. The van der Waals surface area contributed by atoms with Gasteiger partial charge in [-0.15, -0.1) is 0 Å². The quantitative estimate of drug-likeness (QED) is 0.292. The van der Waals surface area contributed by atoms with E-state index in [1.807, 2.05) is 6.07 Å². The summed E-state index contributed by atoms with van der Waals surface area (Å²) in [6.07, 6.45) is -4.58. The minimum absolute atomic E-state index is 0.0138. The number of para-hydroxylation sites is 1. The Hall–Kier alpha value is -4.26. The molecule has 1 heterocycles. The maximum absolute atomic E-state index is 14.8. The summed E-state index contributed by atoms with van der Waals surface area (Å²) < 4.78 is 41.7. The molecule has 0 saturated carbocycles. The number of phenols is 2. The maximum atomic E-state index is 14.8. The Kier molecular flexibility index (Phi) is 6.21. The van der Waals surface area contributed by atoms with E-state index in [1.165, 1.54) is 23.1 Å². The van der Waals surface area contributed by atoms with Gasteiger partial charge in [0.2, 0.25) is 5.91 Å². The molecule has 0 atom stereocenters. The molecule has 0 aliphatic carbocycles. The van der Waals surface area contributed by atoms with Crippen LogP contribution in [-0.4, -0.2) is 16.1 Å². The van der Waals surface area contributed by atoms with E-state index in [2.05, 4.69) is 0 Å². The average molecular weight is 532 g/mol.